The Morgan fingerprint density at radius 1 is 0.317 bits per heavy atom. The highest BCUT2D eigenvalue weighted by Crippen LogP contribution is 2.44. The van der Waals surface area contributed by atoms with Crippen LogP contribution in [-0.4, -0.2) is 15.0 Å². The van der Waals surface area contributed by atoms with Gasteiger partial charge >= 0.3 is 0 Å². The Hall–Kier alpha value is -7.49. The van der Waals surface area contributed by atoms with Crippen molar-refractivity contribution in [2.24, 2.45) is 0 Å². The van der Waals surface area contributed by atoms with Gasteiger partial charge in [-0.05, 0) is 86.5 Å². The van der Waals surface area contributed by atoms with Crippen LogP contribution in [0.5, 0.6) is 0 Å². The van der Waals surface area contributed by atoms with E-state index in [1.807, 2.05) is 18.2 Å². The first-order valence-electron chi connectivity index (χ1n) is 20.9. The van der Waals surface area contributed by atoms with Gasteiger partial charge in [-0.15, -0.1) is 0 Å². The SMILES string of the molecule is C1=CC(c2ccc(-c3nc(-c4ccccc4)nc(-c4cccc(-c5ccccc5-c5ccccc5-c5ccccc5-c5ccccc5-c5ccccc5)c4)n3)cc2)CCC1. The van der Waals surface area contributed by atoms with Crippen molar-refractivity contribution in [1.82, 2.24) is 15.0 Å². The minimum Gasteiger partial charge on any atom is -0.208 e. The van der Waals surface area contributed by atoms with Crippen molar-refractivity contribution in [3.8, 4) is 89.8 Å². The highest BCUT2D eigenvalue weighted by molar-refractivity contribution is 5.98. The number of aromatic nitrogens is 3. The van der Waals surface area contributed by atoms with Crippen LogP contribution in [0.2, 0.25) is 0 Å². The molecular formula is C57H43N3. The Balaban J connectivity index is 1.06. The van der Waals surface area contributed by atoms with Gasteiger partial charge in [0.25, 0.3) is 0 Å². The zero-order valence-electron chi connectivity index (χ0n) is 33.3. The number of allylic oxidation sites excluding steroid dienone is 2. The Morgan fingerprint density at radius 3 is 1.20 bits per heavy atom. The minimum absolute atomic E-state index is 0.463. The van der Waals surface area contributed by atoms with E-state index in [1.54, 1.807) is 0 Å². The molecule has 3 heteroatoms. The molecule has 1 heterocycles. The molecule has 286 valence electrons. The van der Waals surface area contributed by atoms with Crippen molar-refractivity contribution in [1.29, 1.82) is 0 Å². The van der Waals surface area contributed by atoms with Crippen molar-refractivity contribution in [3.63, 3.8) is 0 Å². The molecule has 0 bridgehead atoms. The van der Waals surface area contributed by atoms with E-state index in [9.17, 15) is 0 Å². The average molecular weight is 770 g/mol. The lowest BCUT2D eigenvalue weighted by atomic mass is 9.85. The standard InChI is InChI=1S/C57H43N3/c1-4-19-40(20-5-1)41-35-37-44(38-36-41)56-58-55(43-23-8-3-9-24-43)59-57(60-56)46-26-18-25-45(39-46)48-28-11-13-30-50(48)52-32-15-17-34-54(52)53-33-16-14-31-51(53)49-29-12-10-27-47(49)42-21-6-2-7-22-42/h2-4,6-19,21-40H,1,5,20H2. The van der Waals surface area contributed by atoms with Crippen LogP contribution in [-0.2, 0) is 0 Å². The van der Waals surface area contributed by atoms with E-state index in [-0.39, 0.29) is 0 Å². The molecule has 1 unspecified atom stereocenters. The molecule has 0 aliphatic heterocycles. The monoisotopic (exact) mass is 769 g/mol. The molecule has 0 N–H and O–H groups in total. The number of nitrogens with zero attached hydrogens (tertiary/aromatic N) is 3. The van der Waals surface area contributed by atoms with Crippen LogP contribution < -0.4 is 0 Å². The second-order valence-electron chi connectivity index (χ2n) is 15.4. The summed E-state index contributed by atoms with van der Waals surface area (Å²) in [6.07, 6.45) is 8.25. The normalized spacial score (nSPS) is 13.6. The van der Waals surface area contributed by atoms with E-state index in [0.717, 1.165) is 33.4 Å². The third-order valence-electron chi connectivity index (χ3n) is 11.6. The molecule has 0 fully saturated rings. The maximum Gasteiger partial charge on any atom is 0.164 e. The number of hydrogen-bond acceptors (Lipinski definition) is 3. The predicted octanol–water partition coefficient (Wildman–Crippen LogP) is 15.0. The fourth-order valence-electron chi connectivity index (χ4n) is 8.61. The summed E-state index contributed by atoms with van der Waals surface area (Å²) in [4.78, 5) is 15.3. The summed E-state index contributed by atoms with van der Waals surface area (Å²) in [6, 6.07) is 73.3. The first kappa shape index (κ1) is 36.8. The molecule has 3 nitrogen and oxygen atoms in total. The Kier molecular flexibility index (Phi) is 10.3. The van der Waals surface area contributed by atoms with Gasteiger partial charge in [0.15, 0.2) is 17.5 Å². The summed E-state index contributed by atoms with van der Waals surface area (Å²) in [5.74, 6) is 2.42. The fourth-order valence-corrected chi connectivity index (χ4v) is 8.61. The van der Waals surface area contributed by atoms with Gasteiger partial charge in [0.1, 0.15) is 0 Å². The predicted molar refractivity (Wildman–Crippen MR) is 249 cm³/mol. The van der Waals surface area contributed by atoms with Gasteiger partial charge in [-0.3, -0.25) is 0 Å². The lowest BCUT2D eigenvalue weighted by molar-refractivity contribution is 0.654. The first-order valence-corrected chi connectivity index (χ1v) is 20.9. The lowest BCUT2D eigenvalue weighted by Crippen LogP contribution is -2.01. The van der Waals surface area contributed by atoms with Crippen LogP contribution in [0.1, 0.15) is 30.7 Å². The highest BCUT2D eigenvalue weighted by Gasteiger charge is 2.19. The second-order valence-corrected chi connectivity index (χ2v) is 15.4. The van der Waals surface area contributed by atoms with E-state index in [1.165, 1.54) is 63.8 Å². The molecule has 0 spiro atoms. The topological polar surface area (TPSA) is 38.7 Å². The van der Waals surface area contributed by atoms with Crippen LogP contribution >= 0.6 is 0 Å². The van der Waals surface area contributed by atoms with Crippen molar-refractivity contribution in [3.05, 3.63) is 224 Å². The highest BCUT2D eigenvalue weighted by atomic mass is 15.0. The van der Waals surface area contributed by atoms with Gasteiger partial charge in [0.05, 0.1) is 0 Å². The van der Waals surface area contributed by atoms with Gasteiger partial charge in [-0.25, -0.2) is 15.0 Å². The average Bonchev–Trinajstić information content (AvgIpc) is 3.35. The van der Waals surface area contributed by atoms with Crippen molar-refractivity contribution >= 4 is 0 Å². The van der Waals surface area contributed by atoms with Crippen molar-refractivity contribution < 1.29 is 0 Å². The van der Waals surface area contributed by atoms with Crippen LogP contribution in [0.25, 0.3) is 89.8 Å². The summed E-state index contributed by atoms with van der Waals surface area (Å²) in [5.41, 5.74) is 15.9. The third-order valence-corrected chi connectivity index (χ3v) is 11.6. The van der Waals surface area contributed by atoms with Crippen LogP contribution in [0.15, 0.2) is 218 Å². The second kappa shape index (κ2) is 16.8. The van der Waals surface area contributed by atoms with Gasteiger partial charge < -0.3 is 0 Å². The maximum atomic E-state index is 5.14. The first-order chi connectivity index (χ1) is 29.8. The molecule has 0 saturated heterocycles. The summed E-state index contributed by atoms with van der Waals surface area (Å²) in [5, 5.41) is 0. The third kappa shape index (κ3) is 7.50. The van der Waals surface area contributed by atoms with Crippen molar-refractivity contribution in [2.75, 3.05) is 0 Å². The smallest absolute Gasteiger partial charge is 0.164 e. The molecule has 1 aliphatic carbocycles. The molecule has 0 amide bonds. The van der Waals surface area contributed by atoms with E-state index >= 15 is 0 Å². The van der Waals surface area contributed by atoms with E-state index in [0.29, 0.717) is 23.4 Å². The van der Waals surface area contributed by atoms with Crippen LogP contribution in [0, 0.1) is 0 Å². The van der Waals surface area contributed by atoms with E-state index in [4.69, 9.17) is 15.0 Å². The molecule has 1 atom stereocenters. The minimum atomic E-state index is 0.463. The quantitative estimate of drug-likeness (QED) is 0.137. The lowest BCUT2D eigenvalue weighted by Gasteiger charge is -2.19. The number of rotatable bonds is 9. The molecule has 1 aromatic heterocycles. The molecule has 10 rings (SSSR count). The molecule has 8 aromatic carbocycles. The van der Waals surface area contributed by atoms with Crippen LogP contribution in [0.4, 0.5) is 0 Å². The molecule has 1 aliphatic rings. The largest absolute Gasteiger partial charge is 0.208 e. The van der Waals surface area contributed by atoms with Gasteiger partial charge in [-0.1, -0.05) is 212 Å². The maximum absolute atomic E-state index is 5.14. The zero-order chi connectivity index (χ0) is 40.1. The Bertz CT molecular complexity index is 2950. The molecule has 9 aromatic rings. The van der Waals surface area contributed by atoms with Crippen LogP contribution in [0.3, 0.4) is 0 Å². The summed E-state index contributed by atoms with van der Waals surface area (Å²) >= 11 is 0. The summed E-state index contributed by atoms with van der Waals surface area (Å²) in [6.45, 7) is 0. The molecule has 60 heavy (non-hydrogen) atoms. The Morgan fingerprint density at radius 2 is 0.700 bits per heavy atom. The van der Waals surface area contributed by atoms with Gasteiger partial charge in [0, 0.05) is 22.6 Å². The summed E-state index contributed by atoms with van der Waals surface area (Å²) in [7, 11) is 0. The van der Waals surface area contributed by atoms with E-state index in [2.05, 4.69) is 200 Å². The van der Waals surface area contributed by atoms with E-state index < -0.39 is 0 Å². The fraction of sp³-hybridized carbons (Fsp3) is 0.0702. The zero-order valence-corrected chi connectivity index (χ0v) is 33.3. The molecule has 0 radical (unpaired) electrons. The van der Waals surface area contributed by atoms with Crippen molar-refractivity contribution in [2.45, 2.75) is 25.2 Å². The molecule has 0 saturated carbocycles. The Labute approximate surface area is 352 Å². The summed E-state index contributed by atoms with van der Waals surface area (Å²) < 4.78 is 0. The number of hydrogen-bond donors (Lipinski definition) is 0. The van der Waals surface area contributed by atoms with Gasteiger partial charge in [0.2, 0.25) is 0 Å². The van der Waals surface area contributed by atoms with Gasteiger partial charge in [-0.2, -0.15) is 0 Å². The molecular weight excluding hydrogens is 727 g/mol. The number of benzene rings is 8.